The molecule has 0 aliphatic heterocycles. The fraction of sp³-hybridized carbons (Fsp3) is 0.600. The molecule has 0 bridgehead atoms. The molecule has 0 amide bonds. The highest BCUT2D eigenvalue weighted by molar-refractivity contribution is 5.24. The van der Waals surface area contributed by atoms with E-state index in [1.807, 2.05) is 0 Å². The highest BCUT2D eigenvalue weighted by Gasteiger charge is 2.44. The molecule has 1 aliphatic carbocycles. The average Bonchev–Trinajstić information content (AvgIpc) is 2.60. The Morgan fingerprint density at radius 2 is 2.00 bits per heavy atom. The lowest BCUT2D eigenvalue weighted by molar-refractivity contribution is 0.644. The Labute approximate surface area is 63.3 Å². The van der Waals surface area contributed by atoms with Crippen molar-refractivity contribution in [1.82, 2.24) is 14.9 Å². The molecule has 1 aliphatic rings. The van der Waals surface area contributed by atoms with Crippen LogP contribution < -0.4 is 17.3 Å². The van der Waals surface area contributed by atoms with Crippen molar-refractivity contribution in [2.45, 2.75) is 18.4 Å². The Balaban J connectivity index is 2.45. The molecule has 0 atom stereocenters. The molecule has 1 saturated carbocycles. The number of nitrogens with zero attached hydrogens (tertiary/aromatic N) is 3. The quantitative estimate of drug-likeness (QED) is 0.427. The molecule has 1 aromatic rings. The summed E-state index contributed by atoms with van der Waals surface area (Å²) in [6, 6.07) is 0. The van der Waals surface area contributed by atoms with Gasteiger partial charge in [0, 0.05) is 0 Å². The lowest BCUT2D eigenvalue weighted by atomic mass is 10.3. The molecule has 6 N–H and O–H groups in total. The van der Waals surface area contributed by atoms with Gasteiger partial charge in [-0.05, 0) is 12.8 Å². The number of anilines is 1. The van der Waals surface area contributed by atoms with Crippen LogP contribution in [0.15, 0.2) is 0 Å². The van der Waals surface area contributed by atoms with E-state index in [0.29, 0.717) is 5.82 Å². The molecule has 1 fully saturated rings. The number of nitrogens with two attached hydrogens (primary N) is 3. The number of nitrogen functional groups attached to an aromatic ring is 2. The normalized spacial score (nSPS) is 20.1. The molecular formula is C5H10N6. The van der Waals surface area contributed by atoms with E-state index >= 15 is 0 Å². The Morgan fingerprint density at radius 3 is 2.36 bits per heavy atom. The molecule has 2 rings (SSSR count). The molecule has 0 saturated heterocycles. The zero-order chi connectivity index (χ0) is 8.06. The van der Waals surface area contributed by atoms with Crippen molar-refractivity contribution in [3.63, 3.8) is 0 Å². The minimum absolute atomic E-state index is 0.205. The zero-order valence-electron chi connectivity index (χ0n) is 5.99. The molecule has 0 aromatic carbocycles. The van der Waals surface area contributed by atoms with Gasteiger partial charge >= 0.3 is 0 Å². The molecule has 1 heterocycles. The zero-order valence-corrected chi connectivity index (χ0v) is 5.99. The van der Waals surface area contributed by atoms with Crippen molar-refractivity contribution in [3.8, 4) is 0 Å². The van der Waals surface area contributed by atoms with E-state index in [-0.39, 0.29) is 11.5 Å². The van der Waals surface area contributed by atoms with E-state index in [4.69, 9.17) is 17.3 Å². The third kappa shape index (κ3) is 0.758. The monoisotopic (exact) mass is 154 g/mol. The number of rotatable bonds is 1. The van der Waals surface area contributed by atoms with Crippen LogP contribution in [0.4, 0.5) is 5.95 Å². The molecular weight excluding hydrogens is 144 g/mol. The second-order valence-corrected chi connectivity index (χ2v) is 2.91. The lowest BCUT2D eigenvalue weighted by Crippen LogP contribution is -2.28. The van der Waals surface area contributed by atoms with Gasteiger partial charge in [0.15, 0.2) is 5.82 Å². The Hall–Kier alpha value is -1.30. The molecule has 0 spiro atoms. The van der Waals surface area contributed by atoms with Crippen LogP contribution in [0.1, 0.15) is 18.7 Å². The summed E-state index contributed by atoms with van der Waals surface area (Å²) in [4.78, 5) is 0. The van der Waals surface area contributed by atoms with Crippen LogP contribution in [0.5, 0.6) is 0 Å². The van der Waals surface area contributed by atoms with Crippen molar-refractivity contribution >= 4 is 5.95 Å². The number of hydrogen-bond acceptors (Lipinski definition) is 5. The molecule has 0 unspecified atom stereocenters. The second-order valence-electron chi connectivity index (χ2n) is 2.91. The summed E-state index contributed by atoms with van der Waals surface area (Å²) in [5.41, 5.74) is 10.8. The smallest absolute Gasteiger partial charge is 0.240 e. The van der Waals surface area contributed by atoms with Gasteiger partial charge in [-0.1, -0.05) is 0 Å². The second kappa shape index (κ2) is 1.65. The van der Waals surface area contributed by atoms with Crippen molar-refractivity contribution in [2.75, 3.05) is 11.6 Å². The van der Waals surface area contributed by atoms with Crippen LogP contribution in [-0.2, 0) is 5.54 Å². The van der Waals surface area contributed by atoms with Crippen LogP contribution in [0.25, 0.3) is 0 Å². The SMILES string of the molecule is Nc1nnc(C2(N)CC2)n1N. The lowest BCUT2D eigenvalue weighted by Gasteiger charge is -2.05. The van der Waals surface area contributed by atoms with Crippen LogP contribution in [0.3, 0.4) is 0 Å². The van der Waals surface area contributed by atoms with Gasteiger partial charge in [-0.15, -0.1) is 10.2 Å². The van der Waals surface area contributed by atoms with E-state index < -0.39 is 0 Å². The third-order valence-electron chi connectivity index (χ3n) is 1.96. The first kappa shape index (κ1) is 6.41. The number of aromatic nitrogens is 3. The first-order valence-electron chi connectivity index (χ1n) is 3.39. The van der Waals surface area contributed by atoms with Crippen molar-refractivity contribution in [2.24, 2.45) is 5.73 Å². The highest BCUT2D eigenvalue weighted by Crippen LogP contribution is 2.41. The van der Waals surface area contributed by atoms with E-state index in [0.717, 1.165) is 12.8 Å². The van der Waals surface area contributed by atoms with Gasteiger partial charge in [0.05, 0.1) is 5.54 Å². The van der Waals surface area contributed by atoms with Crippen molar-refractivity contribution in [3.05, 3.63) is 5.82 Å². The predicted octanol–water partition coefficient (Wildman–Crippen LogP) is -1.48. The highest BCUT2D eigenvalue weighted by atomic mass is 15.5. The maximum absolute atomic E-state index is 5.82. The van der Waals surface area contributed by atoms with Crippen molar-refractivity contribution < 1.29 is 0 Å². The molecule has 6 heteroatoms. The Bertz CT molecular complexity index is 285. The van der Waals surface area contributed by atoms with Gasteiger partial charge < -0.3 is 17.3 Å². The predicted molar refractivity (Wildman–Crippen MR) is 39.7 cm³/mol. The largest absolute Gasteiger partial charge is 0.366 e. The van der Waals surface area contributed by atoms with Crippen LogP contribution in [-0.4, -0.2) is 14.9 Å². The maximum Gasteiger partial charge on any atom is 0.240 e. The van der Waals surface area contributed by atoms with E-state index in [1.165, 1.54) is 4.68 Å². The van der Waals surface area contributed by atoms with Gasteiger partial charge in [-0.3, -0.25) is 0 Å². The molecule has 6 nitrogen and oxygen atoms in total. The Kier molecular flexibility index (Phi) is 0.960. The van der Waals surface area contributed by atoms with Gasteiger partial charge in [-0.25, -0.2) is 4.68 Å². The van der Waals surface area contributed by atoms with E-state index in [1.54, 1.807) is 0 Å². The fourth-order valence-electron chi connectivity index (χ4n) is 1.00. The van der Waals surface area contributed by atoms with Gasteiger partial charge in [0.25, 0.3) is 0 Å². The van der Waals surface area contributed by atoms with Gasteiger partial charge in [0.2, 0.25) is 5.95 Å². The molecule has 1 aromatic heterocycles. The third-order valence-corrected chi connectivity index (χ3v) is 1.96. The standard InChI is InChI=1S/C5H10N6/c6-4-10-9-3(11(4)8)5(7)1-2-5/h1-2,7-8H2,(H2,6,10). The molecule has 11 heavy (non-hydrogen) atoms. The van der Waals surface area contributed by atoms with Crippen LogP contribution >= 0.6 is 0 Å². The average molecular weight is 154 g/mol. The minimum Gasteiger partial charge on any atom is -0.366 e. The first-order valence-corrected chi connectivity index (χ1v) is 3.39. The maximum atomic E-state index is 5.82. The van der Waals surface area contributed by atoms with Gasteiger partial charge in [0.1, 0.15) is 0 Å². The fourth-order valence-corrected chi connectivity index (χ4v) is 1.00. The van der Waals surface area contributed by atoms with E-state index in [2.05, 4.69) is 10.2 Å². The van der Waals surface area contributed by atoms with E-state index in [9.17, 15) is 0 Å². The van der Waals surface area contributed by atoms with Gasteiger partial charge in [-0.2, -0.15) is 0 Å². The summed E-state index contributed by atoms with van der Waals surface area (Å²) in [6.07, 6.45) is 1.81. The summed E-state index contributed by atoms with van der Waals surface area (Å²) in [7, 11) is 0. The minimum atomic E-state index is -0.362. The first-order chi connectivity index (χ1) is 5.13. The topological polar surface area (TPSA) is 109 Å². The molecule has 0 radical (unpaired) electrons. The van der Waals surface area contributed by atoms with Crippen LogP contribution in [0, 0.1) is 0 Å². The summed E-state index contributed by atoms with van der Waals surface area (Å²) >= 11 is 0. The van der Waals surface area contributed by atoms with Crippen molar-refractivity contribution in [1.29, 1.82) is 0 Å². The summed E-state index contributed by atoms with van der Waals surface area (Å²) in [6.45, 7) is 0. The van der Waals surface area contributed by atoms with Crippen LogP contribution in [0.2, 0.25) is 0 Å². The summed E-state index contributed by atoms with van der Waals surface area (Å²) in [5, 5.41) is 7.40. The Morgan fingerprint density at radius 1 is 1.36 bits per heavy atom. The summed E-state index contributed by atoms with van der Waals surface area (Å²) in [5.74, 6) is 6.30. The number of hydrogen-bond donors (Lipinski definition) is 3. The summed E-state index contributed by atoms with van der Waals surface area (Å²) < 4.78 is 1.24. The molecule has 60 valence electrons.